The average Bonchev–Trinajstić information content (AvgIpc) is 3.82. The number of furan rings is 1. The highest BCUT2D eigenvalue weighted by Crippen LogP contribution is 2.54. The lowest BCUT2D eigenvalue weighted by Crippen LogP contribution is -1.99. The van der Waals surface area contributed by atoms with Crippen LogP contribution >= 0.6 is 0 Å². The highest BCUT2D eigenvalue weighted by atomic mass is 16.3. The third kappa shape index (κ3) is 5.34. The number of hydrogen-bond donors (Lipinski definition) is 0. The van der Waals surface area contributed by atoms with Gasteiger partial charge in [0.2, 0.25) is 0 Å². The summed E-state index contributed by atoms with van der Waals surface area (Å²) in [6, 6.07) is 67.7. The maximum atomic E-state index is 7.07. The van der Waals surface area contributed by atoms with Gasteiger partial charge in [0.25, 0.3) is 0 Å². The van der Waals surface area contributed by atoms with Gasteiger partial charge < -0.3 is 4.42 Å². The van der Waals surface area contributed by atoms with Crippen molar-refractivity contribution in [1.29, 1.82) is 0 Å². The molecule has 0 radical (unpaired) electrons. The lowest BCUT2D eigenvalue weighted by molar-refractivity contribution is 0.549. The highest BCUT2D eigenvalue weighted by molar-refractivity contribution is 6.17. The van der Waals surface area contributed by atoms with E-state index in [-0.39, 0.29) is 5.92 Å². The minimum Gasteiger partial charge on any atom is -0.457 e. The number of rotatable bonds is 6. The van der Waals surface area contributed by atoms with Crippen molar-refractivity contribution in [2.75, 3.05) is 0 Å². The molecule has 0 N–H and O–H groups in total. The zero-order valence-electron chi connectivity index (χ0n) is 30.3. The summed E-state index contributed by atoms with van der Waals surface area (Å²) in [5, 5.41) is 2.23. The first-order valence-corrected chi connectivity index (χ1v) is 19.0. The van der Waals surface area contributed by atoms with Crippen molar-refractivity contribution < 1.29 is 4.42 Å². The van der Waals surface area contributed by atoms with E-state index >= 15 is 0 Å². The van der Waals surface area contributed by atoms with E-state index in [1.54, 1.807) is 0 Å². The molecule has 0 spiro atoms. The van der Waals surface area contributed by atoms with Crippen LogP contribution in [0.25, 0.3) is 89.3 Å². The molecule has 1 aliphatic carbocycles. The van der Waals surface area contributed by atoms with E-state index in [9.17, 15) is 0 Å². The molecule has 0 amide bonds. The predicted molar refractivity (Wildman–Crippen MR) is 227 cm³/mol. The molecular weight excluding hydrogens is 683 g/mol. The molecule has 0 saturated carbocycles. The van der Waals surface area contributed by atoms with E-state index in [1.165, 1.54) is 22.3 Å². The zero-order valence-corrected chi connectivity index (χ0v) is 30.3. The number of fused-ring (bicyclic) bond motifs is 7. The maximum absolute atomic E-state index is 7.07. The fraction of sp³-hybridized carbons (Fsp3) is 0.0192. The monoisotopic (exact) mass is 715 g/mol. The molecule has 4 nitrogen and oxygen atoms in total. The standard InChI is InChI=1S/C52H33N3O/c1-4-15-34(16-5-1)44-32-45(55-52(54-44)37-19-8-3-9-20-37)35-29-27-33(28-30-35)38-21-14-22-39(31-38)46-40-23-10-11-24-41(40)47-48-42-25-12-13-26-43(42)53-49(51(48)56-50(46)47)36-17-6-2-7-18-36/h1-32,46H/t46-/m0/s1. The van der Waals surface area contributed by atoms with Crippen LogP contribution in [0.4, 0.5) is 0 Å². The molecule has 7 aromatic carbocycles. The van der Waals surface area contributed by atoms with Crippen LogP contribution in [-0.4, -0.2) is 15.0 Å². The summed E-state index contributed by atoms with van der Waals surface area (Å²) in [4.78, 5) is 15.2. The fourth-order valence-corrected chi connectivity index (χ4v) is 8.34. The number of aromatic nitrogens is 3. The zero-order chi connectivity index (χ0) is 37.0. The molecule has 4 heteroatoms. The topological polar surface area (TPSA) is 51.8 Å². The van der Waals surface area contributed by atoms with Crippen molar-refractivity contribution in [2.24, 2.45) is 0 Å². The van der Waals surface area contributed by atoms with Crippen molar-refractivity contribution in [3.63, 3.8) is 0 Å². The average molecular weight is 716 g/mol. The van der Waals surface area contributed by atoms with E-state index in [4.69, 9.17) is 19.4 Å². The Hall–Kier alpha value is -7.43. The number of pyridine rings is 1. The van der Waals surface area contributed by atoms with Crippen LogP contribution in [0.1, 0.15) is 22.8 Å². The van der Waals surface area contributed by atoms with E-state index < -0.39 is 0 Å². The summed E-state index contributed by atoms with van der Waals surface area (Å²) < 4.78 is 7.07. The summed E-state index contributed by atoms with van der Waals surface area (Å²) >= 11 is 0. The van der Waals surface area contributed by atoms with E-state index in [1.807, 2.05) is 42.5 Å². The Bertz CT molecular complexity index is 3000. The third-order valence-corrected chi connectivity index (χ3v) is 11.0. The molecule has 56 heavy (non-hydrogen) atoms. The van der Waals surface area contributed by atoms with Crippen LogP contribution < -0.4 is 0 Å². The van der Waals surface area contributed by atoms with Crippen molar-refractivity contribution in [1.82, 2.24) is 15.0 Å². The minimum absolute atomic E-state index is 0.0657. The van der Waals surface area contributed by atoms with Gasteiger partial charge in [0, 0.05) is 38.6 Å². The Morgan fingerprint density at radius 1 is 0.429 bits per heavy atom. The van der Waals surface area contributed by atoms with Gasteiger partial charge in [0.15, 0.2) is 11.4 Å². The molecule has 1 atom stereocenters. The molecule has 262 valence electrons. The largest absolute Gasteiger partial charge is 0.457 e. The summed E-state index contributed by atoms with van der Waals surface area (Å²) in [6.45, 7) is 0. The Morgan fingerprint density at radius 2 is 1.02 bits per heavy atom. The summed E-state index contributed by atoms with van der Waals surface area (Å²) in [5.74, 6) is 1.61. The van der Waals surface area contributed by atoms with E-state index in [0.717, 1.165) is 78.1 Å². The van der Waals surface area contributed by atoms with Gasteiger partial charge in [-0.1, -0.05) is 182 Å². The Balaban J connectivity index is 1.01. The molecule has 0 fully saturated rings. The van der Waals surface area contributed by atoms with Gasteiger partial charge in [0.05, 0.1) is 22.8 Å². The first-order valence-electron chi connectivity index (χ1n) is 19.0. The van der Waals surface area contributed by atoms with Gasteiger partial charge in [-0.15, -0.1) is 0 Å². The molecule has 10 aromatic rings. The number of nitrogens with zero attached hydrogens (tertiary/aromatic N) is 3. The van der Waals surface area contributed by atoms with Crippen LogP contribution in [0, 0.1) is 0 Å². The van der Waals surface area contributed by atoms with Gasteiger partial charge in [-0.3, -0.25) is 0 Å². The van der Waals surface area contributed by atoms with Crippen molar-refractivity contribution in [3.05, 3.63) is 211 Å². The first-order chi connectivity index (χ1) is 27.8. The molecule has 1 aliphatic rings. The quantitative estimate of drug-likeness (QED) is 0.172. The molecular formula is C52H33N3O. The van der Waals surface area contributed by atoms with Crippen LogP contribution in [-0.2, 0) is 0 Å². The van der Waals surface area contributed by atoms with Gasteiger partial charge in [-0.2, -0.15) is 0 Å². The van der Waals surface area contributed by atoms with Gasteiger partial charge >= 0.3 is 0 Å². The SMILES string of the molecule is c1ccc(-c2cc(-c3ccc(-c4cccc([C@H]5c6ccccc6-c6c5oc5c(-c7ccccc7)nc7ccccc7c65)c4)cc3)nc(-c3ccccc3)n2)cc1. The van der Waals surface area contributed by atoms with Crippen LogP contribution in [0.2, 0.25) is 0 Å². The third-order valence-electron chi connectivity index (χ3n) is 11.0. The molecule has 11 rings (SSSR count). The smallest absolute Gasteiger partial charge is 0.161 e. The second kappa shape index (κ2) is 13.2. The summed E-state index contributed by atoms with van der Waals surface area (Å²) in [6.07, 6.45) is 0. The van der Waals surface area contributed by atoms with Crippen molar-refractivity contribution in [2.45, 2.75) is 5.92 Å². The molecule has 3 aromatic heterocycles. The maximum Gasteiger partial charge on any atom is 0.161 e. The van der Waals surface area contributed by atoms with Gasteiger partial charge in [-0.25, -0.2) is 15.0 Å². The lowest BCUT2D eigenvalue weighted by Gasteiger charge is -2.15. The van der Waals surface area contributed by atoms with Crippen molar-refractivity contribution >= 4 is 21.9 Å². The normalized spacial score (nSPS) is 13.2. The van der Waals surface area contributed by atoms with Crippen molar-refractivity contribution in [3.8, 4) is 67.4 Å². The van der Waals surface area contributed by atoms with Crippen LogP contribution in [0.5, 0.6) is 0 Å². The highest BCUT2D eigenvalue weighted by Gasteiger charge is 2.37. The Kier molecular flexibility index (Phi) is 7.52. The first kappa shape index (κ1) is 32.0. The van der Waals surface area contributed by atoms with E-state index in [2.05, 4.69) is 152 Å². The Labute approximate surface area is 324 Å². The molecule has 0 aliphatic heterocycles. The molecule has 0 unspecified atom stereocenters. The Morgan fingerprint density at radius 3 is 1.77 bits per heavy atom. The van der Waals surface area contributed by atoms with E-state index in [0.29, 0.717) is 5.82 Å². The molecule has 0 bridgehead atoms. The molecule has 3 heterocycles. The summed E-state index contributed by atoms with van der Waals surface area (Å²) in [7, 11) is 0. The fourth-order valence-electron chi connectivity index (χ4n) is 8.34. The van der Waals surface area contributed by atoms with Crippen LogP contribution in [0.15, 0.2) is 199 Å². The number of benzene rings is 7. The van der Waals surface area contributed by atoms with Crippen LogP contribution in [0.3, 0.4) is 0 Å². The van der Waals surface area contributed by atoms with Gasteiger partial charge in [-0.05, 0) is 39.9 Å². The lowest BCUT2D eigenvalue weighted by atomic mass is 9.90. The van der Waals surface area contributed by atoms with Gasteiger partial charge in [0.1, 0.15) is 11.5 Å². The second-order valence-corrected chi connectivity index (χ2v) is 14.3. The minimum atomic E-state index is -0.0657. The molecule has 0 saturated heterocycles. The predicted octanol–water partition coefficient (Wildman–Crippen LogP) is 13.3. The number of hydrogen-bond acceptors (Lipinski definition) is 4. The summed E-state index contributed by atoms with van der Waals surface area (Å²) in [5.41, 5.74) is 15.7. The second-order valence-electron chi connectivity index (χ2n) is 14.3. The number of para-hydroxylation sites is 1.